The Labute approximate surface area is 83.6 Å². The molecule has 13 heavy (non-hydrogen) atoms. The molecule has 0 saturated carbocycles. The Morgan fingerprint density at radius 2 is 1.46 bits per heavy atom. The fraction of sp³-hybridized carbons (Fsp3) is 0.500. The summed E-state index contributed by atoms with van der Waals surface area (Å²) >= 11 is 0. The largest absolute Gasteiger partial charge is 0.481 e. The molecule has 0 saturated heterocycles. The molecule has 0 fully saturated rings. The third kappa shape index (κ3) is 18.3. The molecule has 0 heterocycles. The minimum absolute atomic E-state index is 0. The van der Waals surface area contributed by atoms with Crippen molar-refractivity contribution in [2.24, 2.45) is 5.73 Å². The van der Waals surface area contributed by atoms with E-state index in [1.807, 2.05) is 0 Å². The zero-order chi connectivity index (χ0) is 7.44. The maximum Gasteiger partial charge on any atom is 0.321 e. The van der Waals surface area contributed by atoms with Gasteiger partial charge in [0.15, 0.2) is 0 Å². The van der Waals surface area contributed by atoms with Crippen LogP contribution in [-0.4, -0.2) is 44.6 Å². The van der Waals surface area contributed by atoms with Gasteiger partial charge in [0, 0.05) is 16.5 Å². The van der Waals surface area contributed by atoms with Gasteiger partial charge in [0.05, 0.1) is 6.42 Å². The Bertz CT molecular complexity index is 140. The second kappa shape index (κ2) is 13.8. The van der Waals surface area contributed by atoms with Crippen molar-refractivity contribution in [3.05, 3.63) is 0 Å². The summed E-state index contributed by atoms with van der Waals surface area (Å²) < 4.78 is 0. The summed E-state index contributed by atoms with van der Waals surface area (Å²) in [6.07, 6.45) is -0.532. The van der Waals surface area contributed by atoms with Crippen LogP contribution in [0.25, 0.3) is 0 Å². The van der Waals surface area contributed by atoms with Crippen molar-refractivity contribution in [3.63, 3.8) is 0 Å². The van der Waals surface area contributed by atoms with E-state index in [1.165, 1.54) is 0 Å². The van der Waals surface area contributed by atoms with Crippen LogP contribution in [0.2, 0.25) is 0 Å². The SMILES string of the molecule is N[C@H](CC(=O)O)C(=O)O.O.O.O.[Ni]. The van der Waals surface area contributed by atoms with Crippen molar-refractivity contribution in [1.29, 1.82) is 0 Å². The van der Waals surface area contributed by atoms with Gasteiger partial charge in [-0.3, -0.25) is 9.59 Å². The number of hydrogen-bond donors (Lipinski definition) is 3. The van der Waals surface area contributed by atoms with Crippen LogP contribution >= 0.6 is 0 Å². The van der Waals surface area contributed by atoms with E-state index in [9.17, 15) is 9.59 Å². The van der Waals surface area contributed by atoms with Crippen molar-refractivity contribution in [2.45, 2.75) is 12.5 Å². The number of hydrogen-bond acceptors (Lipinski definition) is 3. The molecule has 0 aliphatic rings. The monoisotopic (exact) mass is 245 g/mol. The van der Waals surface area contributed by atoms with Gasteiger partial charge in [-0.15, -0.1) is 0 Å². The normalized spacial score (nSPS) is 8.69. The molecule has 86 valence electrons. The molecule has 0 bridgehead atoms. The Morgan fingerprint density at radius 1 is 1.15 bits per heavy atom. The molecule has 0 rings (SSSR count). The molecule has 0 aromatic carbocycles. The van der Waals surface area contributed by atoms with Crippen molar-refractivity contribution < 1.29 is 52.7 Å². The minimum Gasteiger partial charge on any atom is -0.481 e. The van der Waals surface area contributed by atoms with Crippen molar-refractivity contribution in [3.8, 4) is 0 Å². The van der Waals surface area contributed by atoms with Crippen molar-refractivity contribution in [2.75, 3.05) is 0 Å². The van der Waals surface area contributed by atoms with Gasteiger partial charge in [-0.25, -0.2) is 0 Å². The van der Waals surface area contributed by atoms with Gasteiger partial charge in [-0.1, -0.05) is 0 Å². The molecule has 8 nitrogen and oxygen atoms in total. The van der Waals surface area contributed by atoms with E-state index < -0.39 is 24.4 Å². The van der Waals surface area contributed by atoms with Gasteiger partial charge in [-0.2, -0.15) is 0 Å². The maximum atomic E-state index is 9.85. The van der Waals surface area contributed by atoms with Gasteiger partial charge >= 0.3 is 11.9 Å². The van der Waals surface area contributed by atoms with E-state index in [0.717, 1.165) is 0 Å². The predicted octanol–water partition coefficient (Wildman–Crippen LogP) is -3.60. The van der Waals surface area contributed by atoms with Crippen molar-refractivity contribution >= 4 is 11.9 Å². The summed E-state index contributed by atoms with van der Waals surface area (Å²) in [4.78, 5) is 19.6. The molecular formula is C4H13NNiO7. The quantitative estimate of drug-likeness (QED) is 0.431. The summed E-state index contributed by atoms with van der Waals surface area (Å²) in [6, 6.07) is -1.29. The van der Waals surface area contributed by atoms with Crippen molar-refractivity contribution in [1.82, 2.24) is 0 Å². The van der Waals surface area contributed by atoms with E-state index in [2.05, 4.69) is 0 Å². The van der Waals surface area contributed by atoms with E-state index >= 15 is 0 Å². The smallest absolute Gasteiger partial charge is 0.321 e. The molecule has 0 amide bonds. The summed E-state index contributed by atoms with van der Waals surface area (Å²) in [5.41, 5.74) is 4.84. The summed E-state index contributed by atoms with van der Waals surface area (Å²) in [5.74, 6) is -2.50. The fourth-order valence-corrected chi connectivity index (χ4v) is 0.275. The molecule has 0 aliphatic heterocycles. The molecule has 10 N–H and O–H groups in total. The molecule has 0 spiro atoms. The van der Waals surface area contributed by atoms with E-state index in [0.29, 0.717) is 0 Å². The molecule has 1 atom stereocenters. The molecular weight excluding hydrogens is 233 g/mol. The number of aliphatic carboxylic acids is 2. The third-order valence-electron chi connectivity index (χ3n) is 0.712. The first-order chi connectivity index (χ1) is 4.04. The topological polar surface area (TPSA) is 195 Å². The number of rotatable bonds is 3. The Hall–Kier alpha value is -0.726. The average Bonchev–Trinajstić information content (AvgIpc) is 1.63. The zero-order valence-corrected chi connectivity index (χ0v) is 7.38. The standard InChI is InChI=1S/C4H7NO4.Ni.3H2O/c5-2(4(8)9)1-3(6)7;;;;/h2H,1,5H2,(H,6,7)(H,8,9);;3*1H2/t2-;;;;/m1..../s1. The maximum absolute atomic E-state index is 9.85. The van der Waals surface area contributed by atoms with E-state index in [-0.39, 0.29) is 32.9 Å². The van der Waals surface area contributed by atoms with Crippen LogP contribution in [0.1, 0.15) is 6.42 Å². The number of nitrogens with two attached hydrogens (primary N) is 1. The van der Waals surface area contributed by atoms with E-state index in [1.54, 1.807) is 0 Å². The number of carboxylic acids is 2. The van der Waals surface area contributed by atoms with Crippen LogP contribution in [0.4, 0.5) is 0 Å². The van der Waals surface area contributed by atoms with Crippen LogP contribution in [-0.2, 0) is 26.1 Å². The minimum atomic E-state index is -1.29. The first kappa shape index (κ1) is 29.5. The van der Waals surface area contributed by atoms with Crippen LogP contribution in [0.5, 0.6) is 0 Å². The van der Waals surface area contributed by atoms with Crippen LogP contribution in [0.15, 0.2) is 0 Å². The number of carbonyl (C=O) groups is 2. The summed E-state index contributed by atoms with van der Waals surface area (Å²) in [7, 11) is 0. The second-order valence-corrected chi connectivity index (χ2v) is 1.54. The molecule has 0 unspecified atom stereocenters. The Kier molecular flexibility index (Phi) is 31.4. The molecule has 0 aromatic heterocycles. The fourth-order valence-electron chi connectivity index (χ4n) is 0.275. The molecule has 0 aliphatic carbocycles. The molecule has 0 radical (unpaired) electrons. The zero-order valence-electron chi connectivity index (χ0n) is 6.39. The second-order valence-electron chi connectivity index (χ2n) is 1.54. The summed E-state index contributed by atoms with van der Waals surface area (Å²) in [5, 5.41) is 16.0. The van der Waals surface area contributed by atoms with Crippen LogP contribution in [0.3, 0.4) is 0 Å². The first-order valence-corrected chi connectivity index (χ1v) is 2.24. The molecule has 9 heteroatoms. The molecule has 0 aromatic rings. The Balaban J connectivity index is -0.0000000533. The van der Waals surface area contributed by atoms with Gasteiger partial charge in [0.25, 0.3) is 0 Å². The number of carboxylic acid groups (broad SMARTS) is 2. The van der Waals surface area contributed by atoms with Gasteiger partial charge < -0.3 is 32.4 Å². The van der Waals surface area contributed by atoms with Crippen LogP contribution in [0, 0.1) is 0 Å². The van der Waals surface area contributed by atoms with Crippen LogP contribution < -0.4 is 5.73 Å². The van der Waals surface area contributed by atoms with Gasteiger partial charge in [0.2, 0.25) is 0 Å². The average molecular weight is 246 g/mol. The first-order valence-electron chi connectivity index (χ1n) is 2.24. The Morgan fingerprint density at radius 3 is 1.54 bits per heavy atom. The van der Waals surface area contributed by atoms with E-state index in [4.69, 9.17) is 15.9 Å². The summed E-state index contributed by atoms with van der Waals surface area (Å²) in [6.45, 7) is 0. The third-order valence-corrected chi connectivity index (χ3v) is 0.712. The van der Waals surface area contributed by atoms with Gasteiger partial charge in [0.1, 0.15) is 6.04 Å². The van der Waals surface area contributed by atoms with Gasteiger partial charge in [-0.05, 0) is 0 Å². The predicted molar refractivity (Wildman–Crippen MR) is 38.7 cm³/mol.